The number of carbonyl (C=O) groups is 2. The van der Waals surface area contributed by atoms with Crippen LogP contribution in [0.3, 0.4) is 0 Å². The summed E-state index contributed by atoms with van der Waals surface area (Å²) in [5.41, 5.74) is -0.102. The first-order valence-electron chi connectivity index (χ1n) is 11.9. The summed E-state index contributed by atoms with van der Waals surface area (Å²) in [6, 6.07) is -0.690. The quantitative estimate of drug-likeness (QED) is 0.211. The fourth-order valence-electron chi connectivity index (χ4n) is 2.98. The number of alkyl carbamates (subject to hydrolysis) is 1. The Kier molecular flexibility index (Phi) is 16.8. The van der Waals surface area contributed by atoms with Gasteiger partial charge in [-0.1, -0.05) is 105 Å². The fourth-order valence-corrected chi connectivity index (χ4v) is 2.98. The second-order valence-electron chi connectivity index (χ2n) is 9.41. The molecule has 0 rings (SSSR count). The Morgan fingerprint density at radius 2 is 1.21 bits per heavy atom. The minimum absolute atomic E-state index is 0.102. The topological polar surface area (TPSA) is 64.6 Å². The monoisotopic (exact) mass is 413 g/mol. The molecule has 0 saturated carbocycles. The van der Waals surface area contributed by atoms with Crippen LogP contribution in [-0.4, -0.2) is 31.3 Å². The number of esters is 1. The number of nitrogens with one attached hydrogen (secondary N) is 1. The van der Waals surface area contributed by atoms with Gasteiger partial charge in [-0.2, -0.15) is 0 Å². The lowest BCUT2D eigenvalue weighted by Crippen LogP contribution is -2.40. The third-order valence-electron chi connectivity index (χ3n) is 4.82. The molecule has 0 bridgehead atoms. The average Bonchev–Trinajstić information content (AvgIpc) is 2.65. The smallest absolute Gasteiger partial charge is 0.407 e. The zero-order chi connectivity index (χ0) is 22.0. The Labute approximate surface area is 179 Å². The lowest BCUT2D eigenvalue weighted by molar-refractivity contribution is -0.145. The number of unbranched alkanes of at least 4 members (excludes halogenated alkanes) is 12. The number of rotatable bonds is 17. The van der Waals surface area contributed by atoms with Gasteiger partial charge in [0, 0.05) is 0 Å². The molecule has 1 N–H and O–H groups in total. The molecule has 0 aromatic heterocycles. The molecule has 5 nitrogen and oxygen atoms in total. The molecule has 0 heterocycles. The van der Waals surface area contributed by atoms with Gasteiger partial charge in [0.15, 0.2) is 0 Å². The van der Waals surface area contributed by atoms with E-state index in [0.29, 0.717) is 13.2 Å². The lowest BCUT2D eigenvalue weighted by Gasteiger charge is -2.19. The molecule has 1 atom stereocenters. The molecule has 0 unspecified atom stereocenters. The van der Waals surface area contributed by atoms with Crippen LogP contribution >= 0.6 is 0 Å². The fraction of sp³-hybridized carbons (Fsp3) is 0.917. The maximum atomic E-state index is 11.9. The van der Waals surface area contributed by atoms with E-state index in [1.165, 1.54) is 70.6 Å². The molecular formula is C24H47NO4. The second-order valence-corrected chi connectivity index (χ2v) is 9.41. The van der Waals surface area contributed by atoms with Gasteiger partial charge in [0.2, 0.25) is 0 Å². The molecule has 0 saturated heterocycles. The van der Waals surface area contributed by atoms with Crippen LogP contribution in [0.25, 0.3) is 0 Å². The van der Waals surface area contributed by atoms with Crippen molar-refractivity contribution in [2.24, 2.45) is 5.41 Å². The Morgan fingerprint density at radius 1 is 0.759 bits per heavy atom. The van der Waals surface area contributed by atoms with Crippen LogP contribution in [0.2, 0.25) is 0 Å². The van der Waals surface area contributed by atoms with Crippen LogP contribution in [-0.2, 0) is 14.3 Å². The van der Waals surface area contributed by atoms with Crippen molar-refractivity contribution in [3.8, 4) is 0 Å². The van der Waals surface area contributed by atoms with Gasteiger partial charge < -0.3 is 14.8 Å². The summed E-state index contributed by atoms with van der Waals surface area (Å²) in [7, 11) is 0. The average molecular weight is 414 g/mol. The summed E-state index contributed by atoms with van der Waals surface area (Å²) in [6.45, 7) is 10.5. The summed E-state index contributed by atoms with van der Waals surface area (Å²) in [5.74, 6) is -0.406. The molecule has 0 radical (unpaired) electrons. The Morgan fingerprint density at radius 3 is 1.66 bits per heavy atom. The van der Waals surface area contributed by atoms with Crippen molar-refractivity contribution in [2.45, 2.75) is 124 Å². The van der Waals surface area contributed by atoms with E-state index >= 15 is 0 Å². The van der Waals surface area contributed by atoms with Gasteiger partial charge in [0.1, 0.15) is 6.04 Å². The molecule has 29 heavy (non-hydrogen) atoms. The molecule has 0 aliphatic rings. The van der Waals surface area contributed by atoms with Crippen molar-refractivity contribution >= 4 is 12.1 Å². The third-order valence-corrected chi connectivity index (χ3v) is 4.82. The van der Waals surface area contributed by atoms with E-state index in [4.69, 9.17) is 9.47 Å². The summed E-state index contributed by atoms with van der Waals surface area (Å²) in [4.78, 5) is 23.6. The predicted molar refractivity (Wildman–Crippen MR) is 120 cm³/mol. The number of hydrogen-bond acceptors (Lipinski definition) is 4. The molecule has 0 aromatic carbocycles. The molecule has 0 fully saturated rings. The second kappa shape index (κ2) is 17.6. The van der Waals surface area contributed by atoms with E-state index in [2.05, 4.69) is 12.2 Å². The van der Waals surface area contributed by atoms with E-state index in [9.17, 15) is 9.59 Å². The van der Waals surface area contributed by atoms with E-state index < -0.39 is 18.1 Å². The van der Waals surface area contributed by atoms with Gasteiger partial charge in [-0.15, -0.1) is 0 Å². The zero-order valence-electron chi connectivity index (χ0n) is 19.8. The normalized spacial score (nSPS) is 12.4. The van der Waals surface area contributed by atoms with Crippen LogP contribution in [0.5, 0.6) is 0 Å². The first-order chi connectivity index (χ1) is 13.8. The highest BCUT2D eigenvalue weighted by Gasteiger charge is 2.19. The van der Waals surface area contributed by atoms with Gasteiger partial charge in [-0.25, -0.2) is 9.59 Å². The predicted octanol–water partition coefficient (Wildman–Crippen LogP) is 6.78. The first kappa shape index (κ1) is 27.7. The van der Waals surface area contributed by atoms with Gasteiger partial charge >= 0.3 is 12.1 Å². The largest absolute Gasteiger partial charge is 0.464 e. The van der Waals surface area contributed by atoms with Crippen molar-refractivity contribution in [3.05, 3.63) is 0 Å². The Bertz CT molecular complexity index is 418. The van der Waals surface area contributed by atoms with Crippen LogP contribution in [0.15, 0.2) is 0 Å². The SMILES string of the molecule is CCCCCCCCCCCCCCCOC(=O)[C@H](C)NC(=O)OCC(C)(C)C. The van der Waals surface area contributed by atoms with E-state index in [0.717, 1.165) is 12.8 Å². The van der Waals surface area contributed by atoms with Gasteiger partial charge in [0.25, 0.3) is 0 Å². The third kappa shape index (κ3) is 19.8. The number of amides is 1. The minimum atomic E-state index is -0.690. The van der Waals surface area contributed by atoms with Gasteiger partial charge in [0.05, 0.1) is 13.2 Å². The minimum Gasteiger partial charge on any atom is -0.464 e. The Hall–Kier alpha value is -1.26. The Balaban J connectivity index is 3.47. The molecule has 172 valence electrons. The summed E-state index contributed by atoms with van der Waals surface area (Å²) >= 11 is 0. The molecule has 0 aromatic rings. The first-order valence-corrected chi connectivity index (χ1v) is 11.9. The highest BCUT2D eigenvalue weighted by Crippen LogP contribution is 2.13. The molecule has 0 aliphatic heterocycles. The summed E-state index contributed by atoms with van der Waals surface area (Å²) in [6.07, 6.45) is 16.2. The highest BCUT2D eigenvalue weighted by atomic mass is 16.6. The molecule has 1 amide bonds. The summed E-state index contributed by atoms with van der Waals surface area (Å²) < 4.78 is 10.3. The van der Waals surface area contributed by atoms with E-state index in [-0.39, 0.29) is 5.41 Å². The van der Waals surface area contributed by atoms with Crippen molar-refractivity contribution in [1.82, 2.24) is 5.32 Å². The highest BCUT2D eigenvalue weighted by molar-refractivity contribution is 5.80. The maximum Gasteiger partial charge on any atom is 0.407 e. The van der Waals surface area contributed by atoms with Crippen molar-refractivity contribution in [1.29, 1.82) is 0 Å². The van der Waals surface area contributed by atoms with Crippen molar-refractivity contribution in [3.63, 3.8) is 0 Å². The van der Waals surface area contributed by atoms with Crippen LogP contribution < -0.4 is 5.32 Å². The lowest BCUT2D eigenvalue weighted by atomic mass is 9.99. The molecular weight excluding hydrogens is 366 g/mol. The van der Waals surface area contributed by atoms with Crippen molar-refractivity contribution < 1.29 is 19.1 Å². The van der Waals surface area contributed by atoms with Crippen molar-refractivity contribution in [2.75, 3.05) is 13.2 Å². The van der Waals surface area contributed by atoms with Gasteiger partial charge in [-0.3, -0.25) is 0 Å². The molecule has 0 spiro atoms. The summed E-state index contributed by atoms with van der Waals surface area (Å²) in [5, 5.41) is 2.52. The number of hydrogen-bond donors (Lipinski definition) is 1. The zero-order valence-corrected chi connectivity index (χ0v) is 19.8. The maximum absolute atomic E-state index is 11.9. The van der Waals surface area contributed by atoms with E-state index in [1.807, 2.05) is 20.8 Å². The standard InChI is InChI=1S/C24H47NO4/c1-6-7-8-9-10-11-12-13-14-15-16-17-18-19-28-22(26)21(2)25-23(27)29-20-24(3,4)5/h21H,6-20H2,1-5H3,(H,25,27)/t21-/m0/s1. The van der Waals surface area contributed by atoms with E-state index in [1.54, 1.807) is 6.92 Å². The molecule has 5 heteroatoms. The number of ether oxygens (including phenoxy) is 2. The molecule has 0 aliphatic carbocycles. The van der Waals surface area contributed by atoms with Crippen LogP contribution in [0.4, 0.5) is 4.79 Å². The van der Waals surface area contributed by atoms with Crippen LogP contribution in [0, 0.1) is 5.41 Å². The number of carbonyl (C=O) groups excluding carboxylic acids is 2. The van der Waals surface area contributed by atoms with Gasteiger partial charge in [-0.05, 0) is 18.8 Å². The van der Waals surface area contributed by atoms with Crippen LogP contribution in [0.1, 0.15) is 118 Å².